The lowest BCUT2D eigenvalue weighted by Gasteiger charge is -2.32. The Morgan fingerprint density at radius 2 is 1.71 bits per heavy atom. The van der Waals surface area contributed by atoms with Crippen LogP contribution in [0.3, 0.4) is 0 Å². The first-order chi connectivity index (χ1) is 10.3. The normalized spacial score (nSPS) is 33.8. The Balaban J connectivity index is 1.40. The van der Waals surface area contributed by atoms with Gasteiger partial charge in [-0.3, -0.25) is 0 Å². The number of aliphatic hydroxyl groups excluding tert-OH is 1. The quantitative estimate of drug-likeness (QED) is 0.881. The van der Waals surface area contributed by atoms with Gasteiger partial charge in [-0.05, 0) is 68.9 Å². The van der Waals surface area contributed by atoms with E-state index in [1.807, 2.05) is 0 Å². The zero-order valence-corrected chi connectivity index (χ0v) is 13.0. The van der Waals surface area contributed by atoms with Crippen LogP contribution in [0.2, 0.25) is 0 Å². The summed E-state index contributed by atoms with van der Waals surface area (Å²) in [5.74, 6) is 1.46. The molecule has 0 aliphatic heterocycles. The van der Waals surface area contributed by atoms with E-state index in [1.165, 1.54) is 44.1 Å². The molecule has 2 fully saturated rings. The highest BCUT2D eigenvalue weighted by Crippen LogP contribution is 2.33. The molecule has 0 radical (unpaired) electrons. The Morgan fingerprint density at radius 1 is 0.952 bits per heavy atom. The summed E-state index contributed by atoms with van der Waals surface area (Å²) in [7, 11) is 0. The molecule has 2 atom stereocenters. The topological polar surface area (TPSA) is 32.3 Å². The molecular formula is C19H29NO. The molecule has 2 unspecified atom stereocenters. The summed E-state index contributed by atoms with van der Waals surface area (Å²) in [6.07, 6.45) is 9.70. The number of hydrogen-bond acceptors (Lipinski definition) is 2. The Labute approximate surface area is 129 Å². The molecule has 1 aromatic rings. The van der Waals surface area contributed by atoms with Crippen molar-refractivity contribution in [2.75, 3.05) is 6.54 Å². The average Bonchev–Trinajstić information content (AvgIpc) is 2.54. The van der Waals surface area contributed by atoms with E-state index in [0.29, 0.717) is 12.0 Å². The first-order valence-electron chi connectivity index (χ1n) is 8.77. The van der Waals surface area contributed by atoms with Gasteiger partial charge >= 0.3 is 0 Å². The van der Waals surface area contributed by atoms with Crippen molar-refractivity contribution in [3.63, 3.8) is 0 Å². The van der Waals surface area contributed by atoms with Gasteiger partial charge < -0.3 is 10.4 Å². The molecule has 21 heavy (non-hydrogen) atoms. The van der Waals surface area contributed by atoms with Crippen molar-refractivity contribution in [2.45, 2.75) is 69.4 Å². The number of nitrogens with one attached hydrogen (secondary N) is 1. The average molecular weight is 287 g/mol. The molecular weight excluding hydrogens is 258 g/mol. The molecule has 1 aromatic carbocycles. The summed E-state index contributed by atoms with van der Waals surface area (Å²) in [5, 5.41) is 13.5. The minimum absolute atomic E-state index is 0.0423. The van der Waals surface area contributed by atoms with Gasteiger partial charge in [0.2, 0.25) is 0 Å². The molecule has 0 spiro atoms. The van der Waals surface area contributed by atoms with Crippen molar-refractivity contribution in [2.24, 2.45) is 5.92 Å². The first kappa shape index (κ1) is 15.1. The van der Waals surface area contributed by atoms with Gasteiger partial charge in [0.15, 0.2) is 0 Å². The maximum absolute atomic E-state index is 9.75. The van der Waals surface area contributed by atoms with Gasteiger partial charge in [0.1, 0.15) is 0 Å². The maximum atomic E-state index is 9.75. The van der Waals surface area contributed by atoms with Gasteiger partial charge in [-0.15, -0.1) is 0 Å². The summed E-state index contributed by atoms with van der Waals surface area (Å²) in [6.45, 7) is 1.11. The second-order valence-corrected chi connectivity index (χ2v) is 7.05. The standard InChI is InChI=1S/C19H29NO/c21-19-8-4-5-15(13-19)14-20-18-11-9-17(10-12-18)16-6-2-1-3-7-16/h1-3,6-7,15,17-21H,4-5,8-14H2. The molecule has 2 aliphatic rings. The highest BCUT2D eigenvalue weighted by atomic mass is 16.3. The second-order valence-electron chi connectivity index (χ2n) is 7.05. The minimum atomic E-state index is -0.0423. The van der Waals surface area contributed by atoms with Crippen LogP contribution in [0.1, 0.15) is 62.8 Å². The van der Waals surface area contributed by atoms with Crippen LogP contribution in [-0.4, -0.2) is 23.8 Å². The maximum Gasteiger partial charge on any atom is 0.0543 e. The van der Waals surface area contributed by atoms with E-state index in [-0.39, 0.29) is 6.10 Å². The Hall–Kier alpha value is -0.860. The highest BCUT2D eigenvalue weighted by Gasteiger charge is 2.24. The van der Waals surface area contributed by atoms with E-state index < -0.39 is 0 Å². The van der Waals surface area contributed by atoms with Crippen LogP contribution in [-0.2, 0) is 0 Å². The van der Waals surface area contributed by atoms with Crippen LogP contribution in [0, 0.1) is 5.92 Å². The molecule has 0 bridgehead atoms. The molecule has 0 saturated heterocycles. The van der Waals surface area contributed by atoms with E-state index in [0.717, 1.165) is 25.3 Å². The predicted molar refractivity (Wildman–Crippen MR) is 87.4 cm³/mol. The Morgan fingerprint density at radius 3 is 2.43 bits per heavy atom. The molecule has 2 N–H and O–H groups in total. The van der Waals surface area contributed by atoms with Crippen molar-refractivity contribution in [1.29, 1.82) is 0 Å². The lowest BCUT2D eigenvalue weighted by Crippen LogP contribution is -2.37. The van der Waals surface area contributed by atoms with Crippen LogP contribution in [0.5, 0.6) is 0 Å². The number of benzene rings is 1. The van der Waals surface area contributed by atoms with Gasteiger partial charge in [0.05, 0.1) is 6.10 Å². The van der Waals surface area contributed by atoms with Gasteiger partial charge in [-0.25, -0.2) is 0 Å². The zero-order valence-electron chi connectivity index (χ0n) is 13.0. The van der Waals surface area contributed by atoms with E-state index in [1.54, 1.807) is 0 Å². The molecule has 116 valence electrons. The fourth-order valence-corrected chi connectivity index (χ4v) is 4.14. The summed E-state index contributed by atoms with van der Waals surface area (Å²) < 4.78 is 0. The third-order valence-electron chi connectivity index (χ3n) is 5.45. The highest BCUT2D eigenvalue weighted by molar-refractivity contribution is 5.20. The summed E-state index contributed by atoms with van der Waals surface area (Å²) in [6, 6.07) is 11.7. The predicted octanol–water partition coefficient (Wildman–Crippen LogP) is 3.85. The second kappa shape index (κ2) is 7.42. The molecule has 2 nitrogen and oxygen atoms in total. The molecule has 2 heteroatoms. The van der Waals surface area contributed by atoms with Crippen molar-refractivity contribution >= 4 is 0 Å². The zero-order chi connectivity index (χ0) is 14.5. The molecule has 2 saturated carbocycles. The summed E-state index contributed by atoms with van der Waals surface area (Å²) in [5.41, 5.74) is 1.52. The van der Waals surface area contributed by atoms with Crippen LogP contribution in [0.4, 0.5) is 0 Å². The van der Waals surface area contributed by atoms with Gasteiger partial charge in [0, 0.05) is 6.04 Å². The SMILES string of the molecule is OC1CCCC(CNC2CCC(c3ccccc3)CC2)C1. The van der Waals surface area contributed by atoms with E-state index >= 15 is 0 Å². The summed E-state index contributed by atoms with van der Waals surface area (Å²) >= 11 is 0. The van der Waals surface area contributed by atoms with Crippen molar-refractivity contribution in [1.82, 2.24) is 5.32 Å². The van der Waals surface area contributed by atoms with Crippen molar-refractivity contribution < 1.29 is 5.11 Å². The largest absolute Gasteiger partial charge is 0.393 e. The Kier molecular flexibility index (Phi) is 5.32. The molecule has 0 amide bonds. The molecule has 3 rings (SSSR count). The van der Waals surface area contributed by atoms with E-state index in [4.69, 9.17) is 0 Å². The lowest BCUT2D eigenvalue weighted by molar-refractivity contribution is 0.0988. The fourth-order valence-electron chi connectivity index (χ4n) is 4.14. The van der Waals surface area contributed by atoms with Crippen molar-refractivity contribution in [3.05, 3.63) is 35.9 Å². The summed E-state index contributed by atoms with van der Waals surface area (Å²) in [4.78, 5) is 0. The monoisotopic (exact) mass is 287 g/mol. The number of aliphatic hydroxyl groups is 1. The fraction of sp³-hybridized carbons (Fsp3) is 0.684. The first-order valence-corrected chi connectivity index (χ1v) is 8.77. The Bertz CT molecular complexity index is 411. The molecule has 0 heterocycles. The molecule has 2 aliphatic carbocycles. The van der Waals surface area contributed by atoms with Gasteiger partial charge in [-0.1, -0.05) is 36.8 Å². The number of hydrogen-bond donors (Lipinski definition) is 2. The molecule has 0 aromatic heterocycles. The smallest absolute Gasteiger partial charge is 0.0543 e. The van der Waals surface area contributed by atoms with Crippen LogP contribution < -0.4 is 5.32 Å². The van der Waals surface area contributed by atoms with Crippen LogP contribution in [0.15, 0.2) is 30.3 Å². The van der Waals surface area contributed by atoms with Crippen LogP contribution in [0.25, 0.3) is 0 Å². The van der Waals surface area contributed by atoms with Gasteiger partial charge in [0.25, 0.3) is 0 Å². The third kappa shape index (κ3) is 4.31. The van der Waals surface area contributed by atoms with Gasteiger partial charge in [-0.2, -0.15) is 0 Å². The third-order valence-corrected chi connectivity index (χ3v) is 5.45. The van der Waals surface area contributed by atoms with E-state index in [9.17, 15) is 5.11 Å². The number of rotatable bonds is 4. The lowest BCUT2D eigenvalue weighted by atomic mass is 9.81. The van der Waals surface area contributed by atoms with E-state index in [2.05, 4.69) is 35.6 Å². The minimum Gasteiger partial charge on any atom is -0.393 e. The van der Waals surface area contributed by atoms with Crippen LogP contribution >= 0.6 is 0 Å². The van der Waals surface area contributed by atoms with Crippen molar-refractivity contribution in [3.8, 4) is 0 Å².